The van der Waals surface area contributed by atoms with Crippen LogP contribution in [0.4, 0.5) is 4.79 Å². The Kier molecular flexibility index (Phi) is 5.13. The topological polar surface area (TPSA) is 114 Å². The van der Waals surface area contributed by atoms with E-state index in [4.69, 9.17) is 9.47 Å². The molecular formula is C15H24N2O6. The largest absolute Gasteiger partial charge is 0.481 e. The predicted octanol–water partition coefficient (Wildman–Crippen LogP) is 0.506. The Labute approximate surface area is 134 Å². The molecule has 2 bridgehead atoms. The molecule has 2 fully saturated rings. The van der Waals surface area contributed by atoms with Crippen molar-refractivity contribution in [1.82, 2.24) is 10.6 Å². The molecule has 130 valence electrons. The number of nitrogens with one attached hydrogen (secondary N) is 2. The molecule has 2 aliphatic rings. The number of carboxylic acid groups (broad SMARTS) is 1. The molecule has 3 N–H and O–H groups in total. The lowest BCUT2D eigenvalue weighted by Crippen LogP contribution is -2.45. The van der Waals surface area contributed by atoms with E-state index in [9.17, 15) is 19.5 Å². The van der Waals surface area contributed by atoms with Crippen molar-refractivity contribution in [2.24, 2.45) is 11.8 Å². The third kappa shape index (κ3) is 4.34. The number of hydrogen-bond acceptors (Lipinski definition) is 5. The first-order valence-corrected chi connectivity index (χ1v) is 7.82. The molecule has 0 spiro atoms. The second-order valence-corrected chi connectivity index (χ2v) is 6.90. The number of carboxylic acids is 1. The molecule has 2 rings (SSSR count). The maximum absolute atomic E-state index is 12.2. The Bertz CT molecular complexity index is 487. The van der Waals surface area contributed by atoms with Gasteiger partial charge < -0.3 is 25.2 Å². The molecule has 0 aromatic rings. The van der Waals surface area contributed by atoms with Crippen molar-refractivity contribution in [3.63, 3.8) is 0 Å². The lowest BCUT2D eigenvalue weighted by atomic mass is 9.79. The van der Waals surface area contributed by atoms with Crippen LogP contribution in [0, 0.1) is 11.8 Å². The van der Waals surface area contributed by atoms with Gasteiger partial charge >= 0.3 is 12.1 Å². The van der Waals surface area contributed by atoms with Crippen LogP contribution in [-0.2, 0) is 19.1 Å². The van der Waals surface area contributed by atoms with E-state index in [1.54, 1.807) is 20.8 Å². The van der Waals surface area contributed by atoms with Crippen LogP contribution >= 0.6 is 0 Å². The molecule has 0 saturated carbocycles. The smallest absolute Gasteiger partial charge is 0.407 e. The fourth-order valence-electron chi connectivity index (χ4n) is 3.11. The summed E-state index contributed by atoms with van der Waals surface area (Å²) >= 11 is 0. The van der Waals surface area contributed by atoms with Gasteiger partial charge in [-0.05, 0) is 33.6 Å². The van der Waals surface area contributed by atoms with E-state index >= 15 is 0 Å². The van der Waals surface area contributed by atoms with E-state index in [1.165, 1.54) is 0 Å². The van der Waals surface area contributed by atoms with Gasteiger partial charge in [0, 0.05) is 13.1 Å². The van der Waals surface area contributed by atoms with Crippen LogP contribution in [0.3, 0.4) is 0 Å². The molecule has 4 atom stereocenters. The molecule has 2 amide bonds. The van der Waals surface area contributed by atoms with E-state index < -0.39 is 29.5 Å². The van der Waals surface area contributed by atoms with Crippen LogP contribution in [0.1, 0.15) is 33.6 Å². The van der Waals surface area contributed by atoms with Crippen molar-refractivity contribution in [3.8, 4) is 0 Å². The van der Waals surface area contributed by atoms with Crippen LogP contribution < -0.4 is 10.6 Å². The SMILES string of the molecule is CC(C)(C)OC(=O)NCCNC(=O)C1C(C(=O)O)[C@H]2CC[C@@H]1O2. The van der Waals surface area contributed by atoms with Gasteiger partial charge in [-0.3, -0.25) is 9.59 Å². The Morgan fingerprint density at radius 2 is 1.65 bits per heavy atom. The molecule has 23 heavy (non-hydrogen) atoms. The minimum absolute atomic E-state index is 0.207. The lowest BCUT2D eigenvalue weighted by molar-refractivity contribution is -0.147. The maximum atomic E-state index is 12.2. The lowest BCUT2D eigenvalue weighted by Gasteiger charge is -2.24. The van der Waals surface area contributed by atoms with Gasteiger partial charge in [-0.15, -0.1) is 0 Å². The number of alkyl carbamates (subject to hydrolysis) is 1. The average Bonchev–Trinajstić information content (AvgIpc) is 3.01. The van der Waals surface area contributed by atoms with E-state index in [2.05, 4.69) is 10.6 Å². The zero-order chi connectivity index (χ0) is 17.2. The number of ether oxygens (including phenoxy) is 2. The minimum Gasteiger partial charge on any atom is -0.481 e. The number of fused-ring (bicyclic) bond motifs is 2. The second kappa shape index (κ2) is 6.74. The summed E-state index contributed by atoms with van der Waals surface area (Å²) in [4.78, 5) is 35.0. The summed E-state index contributed by atoms with van der Waals surface area (Å²) in [7, 11) is 0. The highest BCUT2D eigenvalue weighted by atomic mass is 16.6. The maximum Gasteiger partial charge on any atom is 0.407 e. The molecule has 0 aliphatic carbocycles. The van der Waals surface area contributed by atoms with Gasteiger partial charge in [0.1, 0.15) is 5.60 Å². The Balaban J connectivity index is 1.75. The van der Waals surface area contributed by atoms with Crippen LogP contribution in [-0.4, -0.2) is 54.0 Å². The van der Waals surface area contributed by atoms with Crippen LogP contribution in [0.2, 0.25) is 0 Å². The van der Waals surface area contributed by atoms with Gasteiger partial charge in [0.05, 0.1) is 24.0 Å². The van der Waals surface area contributed by atoms with E-state index in [0.29, 0.717) is 12.8 Å². The fourth-order valence-corrected chi connectivity index (χ4v) is 3.11. The summed E-state index contributed by atoms with van der Waals surface area (Å²) in [6.45, 7) is 5.69. The van der Waals surface area contributed by atoms with Crippen molar-refractivity contribution in [1.29, 1.82) is 0 Å². The minimum atomic E-state index is -0.996. The molecule has 0 aromatic heterocycles. The molecule has 2 aliphatic heterocycles. The number of rotatable bonds is 5. The zero-order valence-corrected chi connectivity index (χ0v) is 13.6. The van der Waals surface area contributed by atoms with Crippen molar-refractivity contribution in [2.75, 3.05) is 13.1 Å². The molecule has 8 nitrogen and oxygen atoms in total. The quantitative estimate of drug-likeness (QED) is 0.634. The van der Waals surface area contributed by atoms with E-state index in [1.807, 2.05) is 0 Å². The molecule has 0 aromatic carbocycles. The zero-order valence-electron chi connectivity index (χ0n) is 13.6. The molecular weight excluding hydrogens is 304 g/mol. The summed E-state index contributed by atoms with van der Waals surface area (Å²) in [5.74, 6) is -2.78. The summed E-state index contributed by atoms with van der Waals surface area (Å²) in [5, 5.41) is 14.5. The van der Waals surface area contributed by atoms with E-state index in [0.717, 1.165) is 0 Å². The highest BCUT2D eigenvalue weighted by Crippen LogP contribution is 2.43. The number of hydrogen-bond donors (Lipinski definition) is 3. The first-order chi connectivity index (χ1) is 10.7. The monoisotopic (exact) mass is 328 g/mol. The van der Waals surface area contributed by atoms with Gasteiger partial charge in [0.15, 0.2) is 0 Å². The second-order valence-electron chi connectivity index (χ2n) is 6.90. The van der Waals surface area contributed by atoms with Crippen LogP contribution in [0.25, 0.3) is 0 Å². The Hall–Kier alpha value is -1.83. The van der Waals surface area contributed by atoms with Crippen molar-refractivity contribution in [3.05, 3.63) is 0 Å². The number of aliphatic carboxylic acids is 1. The van der Waals surface area contributed by atoms with Crippen molar-refractivity contribution >= 4 is 18.0 Å². The summed E-state index contributed by atoms with van der Waals surface area (Å²) in [6.07, 6.45) is 0.153. The van der Waals surface area contributed by atoms with Crippen LogP contribution in [0.15, 0.2) is 0 Å². The molecule has 0 radical (unpaired) electrons. The fraction of sp³-hybridized carbons (Fsp3) is 0.800. The number of amides is 2. The van der Waals surface area contributed by atoms with Gasteiger partial charge in [-0.2, -0.15) is 0 Å². The Morgan fingerprint density at radius 3 is 2.22 bits per heavy atom. The summed E-state index contributed by atoms with van der Waals surface area (Å²) < 4.78 is 10.6. The third-order valence-electron chi connectivity index (χ3n) is 3.95. The number of carbonyl (C=O) groups is 3. The number of carbonyl (C=O) groups excluding carboxylic acids is 2. The highest BCUT2D eigenvalue weighted by Gasteiger charge is 2.55. The van der Waals surface area contributed by atoms with Crippen molar-refractivity contribution < 1.29 is 29.0 Å². The van der Waals surface area contributed by atoms with Gasteiger partial charge in [-0.25, -0.2) is 4.79 Å². The molecule has 2 saturated heterocycles. The van der Waals surface area contributed by atoms with Gasteiger partial charge in [-0.1, -0.05) is 0 Å². The molecule has 2 heterocycles. The van der Waals surface area contributed by atoms with Gasteiger partial charge in [0.2, 0.25) is 5.91 Å². The normalized spacial score (nSPS) is 29.2. The van der Waals surface area contributed by atoms with Crippen molar-refractivity contribution in [2.45, 2.75) is 51.4 Å². The standard InChI is InChI=1S/C15H24N2O6/c1-15(2,3)23-14(21)17-7-6-16-12(18)10-8-4-5-9(22-8)11(10)13(19)20/h8-11H,4-7H2,1-3H3,(H,16,18)(H,17,21)(H,19,20)/t8-,9+,10?,11?/m0/s1. The summed E-state index contributed by atoms with van der Waals surface area (Å²) in [6, 6.07) is 0. The van der Waals surface area contributed by atoms with Crippen LogP contribution in [0.5, 0.6) is 0 Å². The highest BCUT2D eigenvalue weighted by molar-refractivity contribution is 5.86. The first-order valence-electron chi connectivity index (χ1n) is 7.82. The first kappa shape index (κ1) is 17.5. The summed E-state index contributed by atoms with van der Waals surface area (Å²) in [5.41, 5.74) is -0.581. The molecule has 2 unspecified atom stereocenters. The Morgan fingerprint density at radius 1 is 1.09 bits per heavy atom. The predicted molar refractivity (Wildman–Crippen MR) is 79.8 cm³/mol. The molecule has 8 heteroatoms. The average molecular weight is 328 g/mol. The van der Waals surface area contributed by atoms with Gasteiger partial charge in [0.25, 0.3) is 0 Å². The van der Waals surface area contributed by atoms with E-state index in [-0.39, 0.29) is 31.2 Å². The third-order valence-corrected chi connectivity index (χ3v) is 3.95.